The van der Waals surface area contributed by atoms with Gasteiger partial charge in [-0.3, -0.25) is 4.79 Å². The molecule has 0 saturated carbocycles. The maximum atomic E-state index is 12.9. The first kappa shape index (κ1) is 20.2. The van der Waals surface area contributed by atoms with Gasteiger partial charge in [0.1, 0.15) is 0 Å². The van der Waals surface area contributed by atoms with Crippen LogP contribution in [0.3, 0.4) is 0 Å². The second kappa shape index (κ2) is 9.17. The Morgan fingerprint density at radius 3 is 2.13 bits per heavy atom. The van der Waals surface area contributed by atoms with Gasteiger partial charge in [0.25, 0.3) is 17.5 Å². The molecule has 2 aromatic carbocycles. The van der Waals surface area contributed by atoms with Gasteiger partial charge in [-0.15, -0.1) is 5.10 Å². The van der Waals surface area contributed by atoms with Crippen molar-refractivity contribution in [1.29, 1.82) is 0 Å². The molecule has 0 aliphatic carbocycles. The number of rotatable bonds is 7. The lowest BCUT2D eigenvalue weighted by molar-refractivity contribution is -0.135. The average Bonchev–Trinajstić information content (AvgIpc) is 3.21. The molecule has 1 amide bonds. The molecule has 0 fully saturated rings. The van der Waals surface area contributed by atoms with E-state index in [0.29, 0.717) is 18.9 Å². The minimum absolute atomic E-state index is 0.136. The number of esters is 1. The summed E-state index contributed by atoms with van der Waals surface area (Å²) in [5.41, 5.74) is 2.73. The van der Waals surface area contributed by atoms with E-state index in [1.54, 1.807) is 17.2 Å². The summed E-state index contributed by atoms with van der Waals surface area (Å²) in [4.78, 5) is 35.2. The number of nitrogens with zero attached hydrogens (tertiary/aromatic N) is 5. The van der Waals surface area contributed by atoms with E-state index in [4.69, 9.17) is 4.74 Å². The summed E-state index contributed by atoms with van der Waals surface area (Å²) in [6, 6.07) is 21.1. The third kappa shape index (κ3) is 5.11. The summed E-state index contributed by atoms with van der Waals surface area (Å²) in [5.74, 6) is -0.911. The summed E-state index contributed by atoms with van der Waals surface area (Å²) >= 11 is 0. The van der Waals surface area contributed by atoms with Gasteiger partial charge in [0, 0.05) is 25.0 Å². The quantitative estimate of drug-likeness (QED) is 0.431. The van der Waals surface area contributed by atoms with Crippen LogP contribution in [0.15, 0.2) is 72.9 Å². The molecule has 156 valence electrons. The number of hydrogen-bond acceptors (Lipinski definition) is 6. The molecule has 8 nitrogen and oxygen atoms in total. The van der Waals surface area contributed by atoms with E-state index >= 15 is 0 Å². The van der Waals surface area contributed by atoms with E-state index in [1.807, 2.05) is 67.6 Å². The van der Waals surface area contributed by atoms with Gasteiger partial charge in [-0.1, -0.05) is 60.7 Å². The van der Waals surface area contributed by atoms with Gasteiger partial charge in [0.05, 0.1) is 0 Å². The number of carbonyl (C=O) groups excluding carboxylic acids is 2. The SMILES string of the molecule is Cc1ccn2nc(C(=O)OCC(=O)N(Cc3ccccc3)Cc3ccccc3)nc2n1. The minimum Gasteiger partial charge on any atom is -0.450 e. The zero-order valence-electron chi connectivity index (χ0n) is 17.0. The number of ether oxygens (including phenoxy) is 1. The predicted octanol–water partition coefficient (Wildman–Crippen LogP) is 2.82. The fourth-order valence-corrected chi connectivity index (χ4v) is 3.07. The fourth-order valence-electron chi connectivity index (χ4n) is 3.07. The van der Waals surface area contributed by atoms with E-state index in [9.17, 15) is 9.59 Å². The Kier molecular flexibility index (Phi) is 5.98. The molecule has 0 radical (unpaired) electrons. The first-order valence-electron chi connectivity index (χ1n) is 9.81. The number of hydrogen-bond donors (Lipinski definition) is 0. The number of fused-ring (bicyclic) bond motifs is 1. The summed E-state index contributed by atoms with van der Waals surface area (Å²) in [6.45, 7) is 2.23. The lowest BCUT2D eigenvalue weighted by atomic mass is 10.1. The highest BCUT2D eigenvalue weighted by atomic mass is 16.5. The molecule has 31 heavy (non-hydrogen) atoms. The summed E-state index contributed by atoms with van der Waals surface area (Å²) in [5, 5.41) is 4.06. The van der Waals surface area contributed by atoms with E-state index in [1.165, 1.54) is 4.52 Å². The van der Waals surface area contributed by atoms with Gasteiger partial charge in [-0.05, 0) is 24.1 Å². The third-order valence-electron chi connectivity index (χ3n) is 4.64. The Labute approximate surface area is 179 Å². The van der Waals surface area contributed by atoms with E-state index < -0.39 is 12.6 Å². The van der Waals surface area contributed by atoms with E-state index in [-0.39, 0.29) is 11.7 Å². The first-order chi connectivity index (χ1) is 15.1. The molecule has 0 bridgehead atoms. The van der Waals surface area contributed by atoms with Crippen LogP contribution in [0.5, 0.6) is 0 Å². The van der Waals surface area contributed by atoms with Crippen molar-refractivity contribution < 1.29 is 14.3 Å². The van der Waals surface area contributed by atoms with Crippen molar-refractivity contribution in [3.63, 3.8) is 0 Å². The molecule has 4 rings (SSSR count). The predicted molar refractivity (Wildman–Crippen MR) is 113 cm³/mol. The Bertz CT molecular complexity index is 1150. The van der Waals surface area contributed by atoms with Crippen LogP contribution >= 0.6 is 0 Å². The standard InChI is InChI=1S/C23H21N5O3/c1-17-12-13-28-23(24-17)25-21(26-28)22(30)31-16-20(29)27(14-18-8-4-2-5-9-18)15-19-10-6-3-7-11-19/h2-13H,14-16H2,1H3. The molecule has 0 aliphatic rings. The maximum Gasteiger partial charge on any atom is 0.378 e. The van der Waals surface area contributed by atoms with Crippen molar-refractivity contribution in [2.75, 3.05) is 6.61 Å². The minimum atomic E-state index is -0.768. The first-order valence-corrected chi connectivity index (χ1v) is 9.81. The highest BCUT2D eigenvalue weighted by Crippen LogP contribution is 2.11. The topological polar surface area (TPSA) is 89.7 Å². The molecule has 0 spiro atoms. The molecule has 8 heteroatoms. The number of aromatic nitrogens is 4. The Morgan fingerprint density at radius 1 is 0.903 bits per heavy atom. The van der Waals surface area contributed by atoms with Crippen molar-refractivity contribution in [3.05, 3.63) is 95.6 Å². The maximum absolute atomic E-state index is 12.9. The zero-order chi connectivity index (χ0) is 21.6. The van der Waals surface area contributed by atoms with Crippen LogP contribution in [0.1, 0.15) is 27.4 Å². The molecular weight excluding hydrogens is 394 g/mol. The fraction of sp³-hybridized carbons (Fsp3) is 0.174. The van der Waals surface area contributed by atoms with Crippen LogP contribution in [0.2, 0.25) is 0 Å². The molecule has 0 N–H and O–H groups in total. The Hall–Kier alpha value is -4.07. The van der Waals surface area contributed by atoms with Gasteiger partial charge < -0.3 is 9.64 Å². The van der Waals surface area contributed by atoms with Gasteiger partial charge >= 0.3 is 5.97 Å². The van der Waals surface area contributed by atoms with Crippen molar-refractivity contribution in [3.8, 4) is 0 Å². The van der Waals surface area contributed by atoms with Crippen molar-refractivity contribution in [1.82, 2.24) is 24.5 Å². The van der Waals surface area contributed by atoms with E-state index in [0.717, 1.165) is 16.8 Å². The normalized spacial score (nSPS) is 10.7. The molecular formula is C23H21N5O3. The monoisotopic (exact) mass is 415 g/mol. The van der Waals surface area contributed by atoms with Gasteiger partial charge in [0.2, 0.25) is 0 Å². The van der Waals surface area contributed by atoms with Crippen LogP contribution < -0.4 is 0 Å². The zero-order valence-corrected chi connectivity index (χ0v) is 17.0. The van der Waals surface area contributed by atoms with Crippen LogP contribution in [0.25, 0.3) is 5.78 Å². The van der Waals surface area contributed by atoms with Crippen LogP contribution in [0, 0.1) is 6.92 Å². The molecule has 0 saturated heterocycles. The van der Waals surface area contributed by atoms with Gasteiger partial charge in [-0.25, -0.2) is 14.3 Å². The molecule has 0 aliphatic heterocycles. The summed E-state index contributed by atoms with van der Waals surface area (Å²) in [7, 11) is 0. The molecule has 2 aromatic heterocycles. The lowest BCUT2D eigenvalue weighted by Crippen LogP contribution is -2.34. The number of benzene rings is 2. The van der Waals surface area contributed by atoms with Crippen molar-refractivity contribution >= 4 is 17.7 Å². The number of aryl methyl sites for hydroxylation is 1. The van der Waals surface area contributed by atoms with Crippen molar-refractivity contribution in [2.45, 2.75) is 20.0 Å². The Balaban J connectivity index is 1.44. The lowest BCUT2D eigenvalue weighted by Gasteiger charge is -2.23. The van der Waals surface area contributed by atoms with Crippen LogP contribution in [-0.4, -0.2) is 43.0 Å². The number of amides is 1. The molecule has 0 atom stereocenters. The number of carbonyl (C=O) groups is 2. The summed E-state index contributed by atoms with van der Waals surface area (Å²) < 4.78 is 6.60. The van der Waals surface area contributed by atoms with Crippen molar-refractivity contribution in [2.24, 2.45) is 0 Å². The second-order valence-electron chi connectivity index (χ2n) is 7.05. The molecule has 0 unspecified atom stereocenters. The Morgan fingerprint density at radius 2 is 1.52 bits per heavy atom. The van der Waals surface area contributed by atoms with Gasteiger partial charge in [0.15, 0.2) is 6.61 Å². The highest BCUT2D eigenvalue weighted by molar-refractivity contribution is 5.88. The average molecular weight is 415 g/mol. The molecule has 2 heterocycles. The smallest absolute Gasteiger partial charge is 0.378 e. The second-order valence-corrected chi connectivity index (χ2v) is 7.05. The van der Waals surface area contributed by atoms with Crippen LogP contribution in [0.4, 0.5) is 0 Å². The largest absolute Gasteiger partial charge is 0.450 e. The molecule has 4 aromatic rings. The van der Waals surface area contributed by atoms with Crippen LogP contribution in [-0.2, 0) is 22.6 Å². The highest BCUT2D eigenvalue weighted by Gasteiger charge is 2.20. The van der Waals surface area contributed by atoms with E-state index in [2.05, 4.69) is 15.1 Å². The summed E-state index contributed by atoms with van der Waals surface area (Å²) in [6.07, 6.45) is 1.66. The van der Waals surface area contributed by atoms with Gasteiger partial charge in [-0.2, -0.15) is 4.98 Å². The third-order valence-corrected chi connectivity index (χ3v) is 4.64.